The van der Waals surface area contributed by atoms with Gasteiger partial charge in [0.2, 0.25) is 5.91 Å². The molecule has 0 unspecified atom stereocenters. The fraction of sp³-hybridized carbons (Fsp3) is 0.462. The molecule has 1 aliphatic rings. The monoisotopic (exact) mass is 233 g/mol. The van der Waals surface area contributed by atoms with Gasteiger partial charge in [0.1, 0.15) is 0 Å². The first-order valence-corrected chi connectivity index (χ1v) is 5.90. The van der Waals surface area contributed by atoms with Gasteiger partial charge in [0.05, 0.1) is 6.54 Å². The number of benzene rings is 1. The maximum Gasteiger partial charge on any atom is 0.241 e. The van der Waals surface area contributed by atoms with E-state index < -0.39 is 0 Å². The molecule has 1 aromatic carbocycles. The van der Waals surface area contributed by atoms with Crippen LogP contribution in [0, 0.1) is 0 Å². The van der Waals surface area contributed by atoms with Gasteiger partial charge in [-0.2, -0.15) is 0 Å². The molecule has 0 spiro atoms. The van der Waals surface area contributed by atoms with Crippen LogP contribution in [0.2, 0.25) is 0 Å². The third-order valence-electron chi connectivity index (χ3n) is 2.80. The van der Waals surface area contributed by atoms with Crippen molar-refractivity contribution in [1.29, 1.82) is 0 Å². The quantitative estimate of drug-likeness (QED) is 0.798. The molecule has 4 nitrogen and oxygen atoms in total. The van der Waals surface area contributed by atoms with E-state index >= 15 is 0 Å². The highest BCUT2D eigenvalue weighted by Crippen LogP contribution is 2.32. The van der Waals surface area contributed by atoms with E-state index in [1.54, 1.807) is 0 Å². The van der Waals surface area contributed by atoms with Gasteiger partial charge in [0, 0.05) is 17.4 Å². The first-order chi connectivity index (χ1) is 8.08. The summed E-state index contributed by atoms with van der Waals surface area (Å²) in [5.74, 6) is 0.155. The van der Waals surface area contributed by atoms with E-state index in [4.69, 9.17) is 5.73 Å². The van der Waals surface area contributed by atoms with Gasteiger partial charge in [0.15, 0.2) is 0 Å². The molecule has 0 aliphatic heterocycles. The maximum atomic E-state index is 12.2. The van der Waals surface area contributed by atoms with Gasteiger partial charge < -0.3 is 15.5 Å². The third-order valence-corrected chi connectivity index (χ3v) is 2.80. The third kappa shape index (κ3) is 2.97. The van der Waals surface area contributed by atoms with Crippen LogP contribution in [0.3, 0.4) is 0 Å². The molecule has 1 saturated carbocycles. The van der Waals surface area contributed by atoms with E-state index in [-0.39, 0.29) is 5.91 Å². The van der Waals surface area contributed by atoms with Crippen LogP contribution in [0.5, 0.6) is 0 Å². The minimum Gasteiger partial charge on any atom is -0.399 e. The summed E-state index contributed by atoms with van der Waals surface area (Å²) in [6, 6.07) is 7.90. The molecule has 0 aromatic heterocycles. The second-order valence-corrected chi connectivity index (χ2v) is 4.82. The van der Waals surface area contributed by atoms with Crippen molar-refractivity contribution in [2.45, 2.75) is 18.9 Å². The normalized spacial score (nSPS) is 15.0. The lowest BCUT2D eigenvalue weighted by Gasteiger charge is -2.24. The van der Waals surface area contributed by atoms with Crippen molar-refractivity contribution in [2.75, 3.05) is 31.3 Å². The zero-order valence-corrected chi connectivity index (χ0v) is 10.4. The Balaban J connectivity index is 2.17. The fourth-order valence-corrected chi connectivity index (χ4v) is 1.87. The molecular weight excluding hydrogens is 214 g/mol. The molecule has 0 bridgehead atoms. The topological polar surface area (TPSA) is 49.6 Å². The van der Waals surface area contributed by atoms with E-state index in [1.165, 1.54) is 0 Å². The maximum absolute atomic E-state index is 12.2. The van der Waals surface area contributed by atoms with Crippen LogP contribution in [-0.4, -0.2) is 37.5 Å². The Morgan fingerprint density at radius 2 is 1.88 bits per heavy atom. The molecule has 1 fully saturated rings. The van der Waals surface area contributed by atoms with Crippen molar-refractivity contribution in [3.63, 3.8) is 0 Å². The molecule has 1 amide bonds. The fourth-order valence-electron chi connectivity index (χ4n) is 1.87. The Hall–Kier alpha value is -1.55. The molecular formula is C13H19N3O. The molecule has 17 heavy (non-hydrogen) atoms. The number of likely N-dealkylation sites (N-methyl/N-ethyl adjacent to an activating group) is 1. The van der Waals surface area contributed by atoms with Gasteiger partial charge in [0.25, 0.3) is 0 Å². The van der Waals surface area contributed by atoms with Crippen molar-refractivity contribution in [3.05, 3.63) is 24.3 Å². The Morgan fingerprint density at radius 3 is 2.35 bits per heavy atom. The largest absolute Gasteiger partial charge is 0.399 e. The Kier molecular flexibility index (Phi) is 3.33. The van der Waals surface area contributed by atoms with Crippen LogP contribution in [-0.2, 0) is 4.79 Å². The van der Waals surface area contributed by atoms with E-state index in [9.17, 15) is 4.79 Å². The SMILES string of the molecule is CN(C)CC(=O)N(c1ccc(N)cc1)C1CC1. The van der Waals surface area contributed by atoms with Crippen molar-refractivity contribution in [1.82, 2.24) is 4.90 Å². The molecule has 2 rings (SSSR count). The van der Waals surface area contributed by atoms with Crippen LogP contribution in [0.1, 0.15) is 12.8 Å². The molecule has 92 valence electrons. The summed E-state index contributed by atoms with van der Waals surface area (Å²) in [5.41, 5.74) is 7.34. The lowest BCUT2D eigenvalue weighted by atomic mass is 10.2. The van der Waals surface area contributed by atoms with Gasteiger partial charge in [-0.25, -0.2) is 0 Å². The smallest absolute Gasteiger partial charge is 0.241 e. The van der Waals surface area contributed by atoms with Crippen molar-refractivity contribution < 1.29 is 4.79 Å². The van der Waals surface area contributed by atoms with Gasteiger partial charge in [-0.15, -0.1) is 0 Å². The highest BCUT2D eigenvalue weighted by molar-refractivity contribution is 5.96. The number of hydrogen-bond donors (Lipinski definition) is 1. The second kappa shape index (κ2) is 4.75. The summed E-state index contributed by atoms with van der Waals surface area (Å²) in [5, 5.41) is 0. The average molecular weight is 233 g/mol. The number of carbonyl (C=O) groups is 1. The average Bonchev–Trinajstić information content (AvgIpc) is 3.04. The lowest BCUT2D eigenvalue weighted by Crippen LogP contribution is -2.39. The molecule has 0 heterocycles. The van der Waals surface area contributed by atoms with Crippen molar-refractivity contribution in [3.8, 4) is 0 Å². The summed E-state index contributed by atoms with van der Waals surface area (Å²) in [6.45, 7) is 0.445. The minimum absolute atomic E-state index is 0.155. The molecule has 2 N–H and O–H groups in total. The predicted molar refractivity (Wildman–Crippen MR) is 69.9 cm³/mol. The van der Waals surface area contributed by atoms with Gasteiger partial charge in [-0.05, 0) is 51.2 Å². The standard InChI is InChI=1S/C13H19N3O/c1-15(2)9-13(17)16(12-7-8-12)11-5-3-10(14)4-6-11/h3-6,12H,7-9,14H2,1-2H3. The summed E-state index contributed by atoms with van der Waals surface area (Å²) in [6.07, 6.45) is 2.20. The second-order valence-electron chi connectivity index (χ2n) is 4.82. The molecule has 0 atom stereocenters. The van der Waals surface area contributed by atoms with E-state index in [0.29, 0.717) is 12.6 Å². The number of nitrogens with two attached hydrogens (primary N) is 1. The first-order valence-electron chi connectivity index (χ1n) is 5.90. The van der Waals surface area contributed by atoms with E-state index in [0.717, 1.165) is 24.2 Å². The number of nitrogens with zero attached hydrogens (tertiary/aromatic N) is 2. The summed E-state index contributed by atoms with van der Waals surface area (Å²) in [7, 11) is 3.82. The highest BCUT2D eigenvalue weighted by Gasteiger charge is 2.33. The van der Waals surface area contributed by atoms with E-state index in [2.05, 4.69) is 0 Å². The Morgan fingerprint density at radius 1 is 1.29 bits per heavy atom. The Labute approximate surface area is 102 Å². The van der Waals surface area contributed by atoms with Gasteiger partial charge in [-0.3, -0.25) is 4.79 Å². The zero-order chi connectivity index (χ0) is 12.4. The predicted octanol–water partition coefficient (Wildman–Crippen LogP) is 1.33. The molecule has 0 saturated heterocycles. The zero-order valence-electron chi connectivity index (χ0n) is 10.4. The van der Waals surface area contributed by atoms with Crippen molar-refractivity contribution in [2.24, 2.45) is 0 Å². The first kappa shape index (κ1) is 11.9. The number of carbonyl (C=O) groups excluding carboxylic acids is 1. The number of rotatable bonds is 4. The number of anilines is 2. The van der Waals surface area contributed by atoms with Crippen molar-refractivity contribution >= 4 is 17.3 Å². The molecule has 1 aromatic rings. The lowest BCUT2D eigenvalue weighted by molar-refractivity contribution is -0.119. The summed E-state index contributed by atoms with van der Waals surface area (Å²) < 4.78 is 0. The van der Waals surface area contributed by atoms with Crippen LogP contribution in [0.4, 0.5) is 11.4 Å². The van der Waals surface area contributed by atoms with E-state index in [1.807, 2.05) is 48.2 Å². The number of nitrogen functional groups attached to an aromatic ring is 1. The molecule has 4 heteroatoms. The highest BCUT2D eigenvalue weighted by atomic mass is 16.2. The van der Waals surface area contributed by atoms with Crippen LogP contribution < -0.4 is 10.6 Å². The molecule has 0 radical (unpaired) electrons. The van der Waals surface area contributed by atoms with Crippen LogP contribution in [0.15, 0.2) is 24.3 Å². The Bertz CT molecular complexity index is 396. The minimum atomic E-state index is 0.155. The molecule has 1 aliphatic carbocycles. The number of hydrogen-bond acceptors (Lipinski definition) is 3. The number of amides is 1. The van der Waals surface area contributed by atoms with Crippen LogP contribution >= 0.6 is 0 Å². The van der Waals surface area contributed by atoms with Crippen LogP contribution in [0.25, 0.3) is 0 Å². The summed E-state index contributed by atoms with van der Waals surface area (Å²) in [4.78, 5) is 16.0. The van der Waals surface area contributed by atoms with Gasteiger partial charge >= 0.3 is 0 Å². The van der Waals surface area contributed by atoms with Gasteiger partial charge in [-0.1, -0.05) is 0 Å². The summed E-state index contributed by atoms with van der Waals surface area (Å²) >= 11 is 0.